The van der Waals surface area contributed by atoms with Gasteiger partial charge in [0.2, 0.25) is 5.91 Å². The van der Waals surface area contributed by atoms with Crippen molar-refractivity contribution in [3.63, 3.8) is 0 Å². The standard InChI is InChI=1S/C15H27NO4/c1-15(2,3)11(6-7-13(17)18)8-9-16-14(19)12-5-4-10-20-12/h11-12H,4-10H2,1-3H3,(H,16,19)(H,17,18)/t11?,12-/m1/s1. The molecule has 2 N–H and O–H groups in total. The Hall–Kier alpha value is -1.10. The Balaban J connectivity index is 2.33. The highest BCUT2D eigenvalue weighted by molar-refractivity contribution is 5.80. The van der Waals surface area contributed by atoms with Gasteiger partial charge in [-0.2, -0.15) is 0 Å². The Morgan fingerprint density at radius 3 is 2.55 bits per heavy atom. The van der Waals surface area contributed by atoms with Crippen LogP contribution < -0.4 is 5.32 Å². The van der Waals surface area contributed by atoms with Crippen LogP contribution in [0.15, 0.2) is 0 Å². The van der Waals surface area contributed by atoms with Gasteiger partial charge in [-0.1, -0.05) is 20.8 Å². The first kappa shape index (κ1) is 17.0. The number of rotatable bonds is 7. The highest BCUT2D eigenvalue weighted by Gasteiger charge is 2.26. The number of ether oxygens (including phenoxy) is 1. The van der Waals surface area contributed by atoms with E-state index in [0.717, 1.165) is 19.3 Å². The summed E-state index contributed by atoms with van der Waals surface area (Å²) < 4.78 is 5.33. The fraction of sp³-hybridized carbons (Fsp3) is 0.867. The highest BCUT2D eigenvalue weighted by Crippen LogP contribution is 2.32. The van der Waals surface area contributed by atoms with Crippen LogP contribution >= 0.6 is 0 Å². The molecule has 1 rings (SSSR count). The topological polar surface area (TPSA) is 75.6 Å². The summed E-state index contributed by atoms with van der Waals surface area (Å²) in [7, 11) is 0. The molecule has 0 spiro atoms. The van der Waals surface area contributed by atoms with Gasteiger partial charge in [0, 0.05) is 19.6 Å². The van der Waals surface area contributed by atoms with Crippen molar-refractivity contribution < 1.29 is 19.4 Å². The van der Waals surface area contributed by atoms with E-state index in [2.05, 4.69) is 26.1 Å². The molecule has 0 aromatic rings. The summed E-state index contributed by atoms with van der Waals surface area (Å²) in [5.41, 5.74) is 0.0457. The SMILES string of the molecule is CC(C)(C)C(CCNC(=O)[C@H]1CCCO1)CCC(=O)O. The quantitative estimate of drug-likeness (QED) is 0.752. The second-order valence-electron chi connectivity index (χ2n) is 6.58. The Morgan fingerprint density at radius 1 is 1.35 bits per heavy atom. The molecule has 2 atom stereocenters. The van der Waals surface area contributed by atoms with Gasteiger partial charge in [0.1, 0.15) is 6.10 Å². The predicted molar refractivity (Wildman–Crippen MR) is 76.4 cm³/mol. The third-order valence-electron chi connectivity index (χ3n) is 3.95. The van der Waals surface area contributed by atoms with Gasteiger partial charge in [0.15, 0.2) is 0 Å². The number of carbonyl (C=O) groups excluding carboxylic acids is 1. The number of amides is 1. The van der Waals surface area contributed by atoms with Gasteiger partial charge >= 0.3 is 5.97 Å². The van der Waals surface area contributed by atoms with E-state index in [9.17, 15) is 9.59 Å². The maximum absolute atomic E-state index is 11.8. The zero-order valence-electron chi connectivity index (χ0n) is 12.8. The first-order valence-electron chi connectivity index (χ1n) is 7.42. The fourth-order valence-corrected chi connectivity index (χ4v) is 2.58. The summed E-state index contributed by atoms with van der Waals surface area (Å²) in [5, 5.41) is 11.7. The lowest BCUT2D eigenvalue weighted by Gasteiger charge is -2.30. The van der Waals surface area contributed by atoms with Gasteiger partial charge in [0.05, 0.1) is 0 Å². The Morgan fingerprint density at radius 2 is 2.05 bits per heavy atom. The lowest BCUT2D eigenvalue weighted by atomic mass is 9.76. The third kappa shape index (κ3) is 5.90. The van der Waals surface area contributed by atoms with Crippen molar-refractivity contribution in [3.8, 4) is 0 Å². The summed E-state index contributed by atoms with van der Waals surface area (Å²) in [6.07, 6.45) is 3.09. The van der Waals surface area contributed by atoms with Crippen molar-refractivity contribution in [2.24, 2.45) is 11.3 Å². The third-order valence-corrected chi connectivity index (χ3v) is 3.95. The zero-order valence-corrected chi connectivity index (χ0v) is 12.8. The second-order valence-corrected chi connectivity index (χ2v) is 6.58. The van der Waals surface area contributed by atoms with E-state index in [1.807, 2.05) is 0 Å². The molecule has 0 saturated carbocycles. The molecule has 1 saturated heterocycles. The molecule has 5 nitrogen and oxygen atoms in total. The molecular weight excluding hydrogens is 258 g/mol. The largest absolute Gasteiger partial charge is 0.481 e. The molecule has 1 aliphatic heterocycles. The fourth-order valence-electron chi connectivity index (χ4n) is 2.58. The lowest BCUT2D eigenvalue weighted by Crippen LogP contribution is -2.36. The number of hydrogen-bond acceptors (Lipinski definition) is 3. The number of carboxylic acid groups (broad SMARTS) is 1. The van der Waals surface area contributed by atoms with Gasteiger partial charge < -0.3 is 15.2 Å². The van der Waals surface area contributed by atoms with Crippen molar-refractivity contribution >= 4 is 11.9 Å². The Bertz CT molecular complexity index is 329. The molecule has 1 amide bonds. The highest BCUT2D eigenvalue weighted by atomic mass is 16.5. The lowest BCUT2D eigenvalue weighted by molar-refractivity contribution is -0.137. The molecule has 0 bridgehead atoms. The summed E-state index contributed by atoms with van der Waals surface area (Å²) in [6.45, 7) is 7.59. The molecule has 1 aliphatic rings. The van der Waals surface area contributed by atoms with E-state index in [-0.39, 0.29) is 29.8 Å². The van der Waals surface area contributed by atoms with Crippen LogP contribution in [-0.2, 0) is 14.3 Å². The normalized spacial score (nSPS) is 20.6. The van der Waals surface area contributed by atoms with Gasteiger partial charge in [-0.15, -0.1) is 0 Å². The first-order valence-corrected chi connectivity index (χ1v) is 7.42. The summed E-state index contributed by atoms with van der Waals surface area (Å²) in [6, 6.07) is 0. The number of carboxylic acids is 1. The van der Waals surface area contributed by atoms with Crippen molar-refractivity contribution in [2.75, 3.05) is 13.2 Å². The average Bonchev–Trinajstić information content (AvgIpc) is 2.84. The van der Waals surface area contributed by atoms with Crippen LogP contribution in [0.4, 0.5) is 0 Å². The molecule has 116 valence electrons. The molecule has 20 heavy (non-hydrogen) atoms. The van der Waals surface area contributed by atoms with E-state index in [1.54, 1.807) is 0 Å². The van der Waals surface area contributed by atoms with Gasteiger partial charge in [-0.3, -0.25) is 9.59 Å². The number of hydrogen-bond donors (Lipinski definition) is 2. The van der Waals surface area contributed by atoms with E-state index in [4.69, 9.17) is 9.84 Å². The van der Waals surface area contributed by atoms with E-state index < -0.39 is 5.97 Å². The average molecular weight is 285 g/mol. The van der Waals surface area contributed by atoms with Crippen LogP contribution in [-0.4, -0.2) is 36.2 Å². The number of nitrogens with one attached hydrogen (secondary N) is 1. The smallest absolute Gasteiger partial charge is 0.303 e. The number of carbonyl (C=O) groups is 2. The Kier molecular flexibility index (Phi) is 6.46. The summed E-state index contributed by atoms with van der Waals surface area (Å²) >= 11 is 0. The van der Waals surface area contributed by atoms with E-state index in [0.29, 0.717) is 19.6 Å². The minimum absolute atomic E-state index is 0.0339. The molecular formula is C15H27NO4. The van der Waals surface area contributed by atoms with Crippen molar-refractivity contribution in [1.29, 1.82) is 0 Å². The zero-order chi connectivity index (χ0) is 15.2. The van der Waals surface area contributed by atoms with Crippen molar-refractivity contribution in [1.82, 2.24) is 5.32 Å². The predicted octanol–water partition coefficient (Wildman–Crippen LogP) is 2.20. The minimum atomic E-state index is -0.761. The molecule has 0 aromatic carbocycles. The number of aliphatic carboxylic acids is 1. The molecule has 0 aliphatic carbocycles. The maximum atomic E-state index is 11.8. The minimum Gasteiger partial charge on any atom is -0.481 e. The van der Waals surface area contributed by atoms with Crippen LogP contribution in [0.5, 0.6) is 0 Å². The molecule has 1 fully saturated rings. The van der Waals surface area contributed by atoms with Gasteiger partial charge in [-0.25, -0.2) is 0 Å². The molecule has 1 heterocycles. The summed E-state index contributed by atoms with van der Waals surface area (Å²) in [5.74, 6) is -0.514. The van der Waals surface area contributed by atoms with Crippen LogP contribution in [0.3, 0.4) is 0 Å². The molecule has 0 radical (unpaired) electrons. The molecule has 0 aromatic heterocycles. The second kappa shape index (κ2) is 7.62. The monoisotopic (exact) mass is 285 g/mol. The van der Waals surface area contributed by atoms with Crippen LogP contribution in [0.1, 0.15) is 52.9 Å². The van der Waals surface area contributed by atoms with Crippen molar-refractivity contribution in [3.05, 3.63) is 0 Å². The Labute approximate surface area is 121 Å². The first-order chi connectivity index (χ1) is 9.30. The van der Waals surface area contributed by atoms with E-state index in [1.165, 1.54) is 0 Å². The van der Waals surface area contributed by atoms with E-state index >= 15 is 0 Å². The summed E-state index contributed by atoms with van der Waals surface area (Å²) in [4.78, 5) is 22.5. The van der Waals surface area contributed by atoms with Crippen LogP contribution in [0, 0.1) is 11.3 Å². The maximum Gasteiger partial charge on any atom is 0.303 e. The molecule has 1 unspecified atom stereocenters. The van der Waals surface area contributed by atoms with Gasteiger partial charge in [-0.05, 0) is 37.0 Å². The van der Waals surface area contributed by atoms with Crippen LogP contribution in [0.25, 0.3) is 0 Å². The molecule has 5 heteroatoms. The van der Waals surface area contributed by atoms with Gasteiger partial charge in [0.25, 0.3) is 0 Å². The van der Waals surface area contributed by atoms with Crippen molar-refractivity contribution in [2.45, 2.75) is 59.0 Å². The van der Waals surface area contributed by atoms with Crippen LogP contribution in [0.2, 0.25) is 0 Å².